The lowest BCUT2D eigenvalue weighted by atomic mass is 9.86. The van der Waals surface area contributed by atoms with Crippen molar-refractivity contribution in [1.82, 2.24) is 5.32 Å². The zero-order valence-electron chi connectivity index (χ0n) is 13.3. The Morgan fingerprint density at radius 3 is 2.70 bits per heavy atom. The number of esters is 1. The number of hydrogen-bond acceptors (Lipinski definition) is 3. The predicted molar refractivity (Wildman–Crippen MR) is 88.5 cm³/mol. The van der Waals surface area contributed by atoms with Crippen molar-refractivity contribution in [2.24, 2.45) is 5.92 Å². The lowest BCUT2D eigenvalue weighted by Crippen LogP contribution is -2.46. The van der Waals surface area contributed by atoms with Crippen molar-refractivity contribution in [3.63, 3.8) is 0 Å². The summed E-state index contributed by atoms with van der Waals surface area (Å²) in [5.74, 6) is -0.973. The zero-order chi connectivity index (χ0) is 17.0. The monoisotopic (exact) mass is 385 g/mol. The predicted octanol–water partition coefficient (Wildman–Crippen LogP) is 3.83. The van der Waals surface area contributed by atoms with Gasteiger partial charge in [0.1, 0.15) is 5.82 Å². The second kappa shape index (κ2) is 7.90. The van der Waals surface area contributed by atoms with Gasteiger partial charge in [0.05, 0.1) is 5.56 Å². The third-order valence-corrected chi connectivity index (χ3v) is 4.90. The zero-order valence-corrected chi connectivity index (χ0v) is 14.9. The van der Waals surface area contributed by atoms with E-state index in [1.807, 2.05) is 0 Å². The van der Waals surface area contributed by atoms with Gasteiger partial charge < -0.3 is 10.1 Å². The molecule has 0 aliphatic heterocycles. The lowest BCUT2D eigenvalue weighted by Gasteiger charge is -2.30. The van der Waals surface area contributed by atoms with Crippen LogP contribution >= 0.6 is 15.9 Å². The number of carbonyl (C=O) groups is 2. The molecule has 2 rings (SSSR count). The van der Waals surface area contributed by atoms with E-state index in [0.29, 0.717) is 10.4 Å². The standard InChI is InChI=1S/C17H21BrFNO3/c1-10-5-3-4-6-15(10)20-16(21)11(2)23-17(22)13-8-7-12(19)9-14(13)18/h7-11,15H,3-6H2,1-2H3,(H,20,21)/t10-,11+,15-/m0/s1. The maximum Gasteiger partial charge on any atom is 0.340 e. The maximum atomic E-state index is 13.1. The molecule has 3 atom stereocenters. The van der Waals surface area contributed by atoms with E-state index in [4.69, 9.17) is 4.74 Å². The third-order valence-electron chi connectivity index (χ3n) is 4.24. The van der Waals surface area contributed by atoms with E-state index < -0.39 is 17.9 Å². The Balaban J connectivity index is 1.93. The fourth-order valence-corrected chi connectivity index (χ4v) is 3.28. The van der Waals surface area contributed by atoms with Gasteiger partial charge in [-0.25, -0.2) is 9.18 Å². The van der Waals surface area contributed by atoms with Crippen molar-refractivity contribution in [2.45, 2.75) is 51.7 Å². The first kappa shape index (κ1) is 17.9. The van der Waals surface area contributed by atoms with Gasteiger partial charge in [0.15, 0.2) is 6.10 Å². The highest BCUT2D eigenvalue weighted by atomic mass is 79.9. The summed E-state index contributed by atoms with van der Waals surface area (Å²) < 4.78 is 18.5. The average molecular weight is 386 g/mol. The molecule has 126 valence electrons. The Kier molecular flexibility index (Phi) is 6.16. The number of rotatable bonds is 4. The Morgan fingerprint density at radius 2 is 2.04 bits per heavy atom. The van der Waals surface area contributed by atoms with Crippen molar-refractivity contribution in [3.05, 3.63) is 34.1 Å². The minimum absolute atomic E-state index is 0.134. The molecule has 1 aliphatic rings. The van der Waals surface area contributed by atoms with Gasteiger partial charge in [-0.2, -0.15) is 0 Å². The number of nitrogens with one attached hydrogen (secondary N) is 1. The van der Waals surface area contributed by atoms with E-state index >= 15 is 0 Å². The van der Waals surface area contributed by atoms with Crippen LogP contribution in [0.2, 0.25) is 0 Å². The van der Waals surface area contributed by atoms with E-state index in [1.165, 1.54) is 31.5 Å². The number of ether oxygens (including phenoxy) is 1. The van der Waals surface area contributed by atoms with Gasteiger partial charge in [-0.15, -0.1) is 0 Å². The van der Waals surface area contributed by atoms with Gasteiger partial charge in [0.2, 0.25) is 0 Å². The second-order valence-electron chi connectivity index (χ2n) is 6.05. The Labute approximate surface area is 143 Å². The summed E-state index contributed by atoms with van der Waals surface area (Å²) in [6.07, 6.45) is 3.45. The smallest absolute Gasteiger partial charge is 0.340 e. The molecule has 6 heteroatoms. The van der Waals surface area contributed by atoms with Crippen LogP contribution in [0.25, 0.3) is 0 Å². The maximum absolute atomic E-state index is 13.1. The summed E-state index contributed by atoms with van der Waals surface area (Å²) in [7, 11) is 0. The van der Waals surface area contributed by atoms with E-state index in [0.717, 1.165) is 19.3 Å². The van der Waals surface area contributed by atoms with Crippen LogP contribution in [0.1, 0.15) is 49.9 Å². The molecule has 1 amide bonds. The summed E-state index contributed by atoms with van der Waals surface area (Å²) in [5, 5.41) is 2.96. The minimum atomic E-state index is -0.895. The molecular weight excluding hydrogens is 365 g/mol. The highest BCUT2D eigenvalue weighted by Crippen LogP contribution is 2.24. The van der Waals surface area contributed by atoms with Gasteiger partial charge in [0.25, 0.3) is 5.91 Å². The van der Waals surface area contributed by atoms with E-state index in [-0.39, 0.29) is 17.5 Å². The van der Waals surface area contributed by atoms with Crippen LogP contribution < -0.4 is 5.32 Å². The number of benzene rings is 1. The molecule has 1 N–H and O–H groups in total. The first-order valence-electron chi connectivity index (χ1n) is 7.85. The van der Waals surface area contributed by atoms with Crippen molar-refractivity contribution in [1.29, 1.82) is 0 Å². The fourth-order valence-electron chi connectivity index (χ4n) is 2.76. The van der Waals surface area contributed by atoms with Crippen molar-refractivity contribution >= 4 is 27.8 Å². The highest BCUT2D eigenvalue weighted by Gasteiger charge is 2.26. The minimum Gasteiger partial charge on any atom is -0.449 e. The molecule has 1 aromatic carbocycles. The molecule has 0 heterocycles. The summed E-state index contributed by atoms with van der Waals surface area (Å²) in [4.78, 5) is 24.3. The van der Waals surface area contributed by atoms with Crippen molar-refractivity contribution in [2.75, 3.05) is 0 Å². The summed E-state index contributed by atoms with van der Waals surface area (Å²) in [5.41, 5.74) is 0.192. The topological polar surface area (TPSA) is 55.4 Å². The highest BCUT2D eigenvalue weighted by molar-refractivity contribution is 9.10. The molecule has 4 nitrogen and oxygen atoms in total. The summed E-state index contributed by atoms with van der Waals surface area (Å²) >= 11 is 3.12. The largest absolute Gasteiger partial charge is 0.449 e. The lowest BCUT2D eigenvalue weighted by molar-refractivity contribution is -0.130. The van der Waals surface area contributed by atoms with Crippen molar-refractivity contribution in [3.8, 4) is 0 Å². The van der Waals surface area contributed by atoms with Gasteiger partial charge in [0, 0.05) is 10.5 Å². The molecular formula is C17H21BrFNO3. The summed E-state index contributed by atoms with van der Waals surface area (Å²) in [6.45, 7) is 3.66. The number of halogens is 2. The Bertz CT molecular complexity index is 593. The van der Waals surface area contributed by atoms with E-state index in [9.17, 15) is 14.0 Å². The number of carbonyl (C=O) groups excluding carboxylic acids is 2. The SMILES string of the molecule is C[C@@H](OC(=O)c1ccc(F)cc1Br)C(=O)N[C@H]1CCCC[C@@H]1C. The third kappa shape index (κ3) is 4.77. The van der Waals surface area contributed by atoms with Crippen LogP contribution in [-0.2, 0) is 9.53 Å². The molecule has 0 unspecified atom stereocenters. The van der Waals surface area contributed by atoms with E-state index in [1.54, 1.807) is 0 Å². The molecule has 1 saturated carbocycles. The van der Waals surface area contributed by atoms with Gasteiger partial charge in [-0.05, 0) is 59.8 Å². The number of amides is 1. The average Bonchev–Trinajstić information content (AvgIpc) is 2.49. The van der Waals surface area contributed by atoms with Crippen LogP contribution in [0.4, 0.5) is 4.39 Å². The van der Waals surface area contributed by atoms with E-state index in [2.05, 4.69) is 28.2 Å². The van der Waals surface area contributed by atoms with Gasteiger partial charge in [-0.3, -0.25) is 4.79 Å². The Hall–Kier alpha value is -1.43. The van der Waals surface area contributed by atoms with Crippen LogP contribution in [0.3, 0.4) is 0 Å². The first-order valence-corrected chi connectivity index (χ1v) is 8.64. The van der Waals surface area contributed by atoms with Crippen LogP contribution in [0.15, 0.2) is 22.7 Å². The van der Waals surface area contributed by atoms with Crippen molar-refractivity contribution < 1.29 is 18.7 Å². The van der Waals surface area contributed by atoms with Crippen LogP contribution in [0, 0.1) is 11.7 Å². The molecule has 23 heavy (non-hydrogen) atoms. The molecule has 0 bridgehead atoms. The molecule has 0 aromatic heterocycles. The van der Waals surface area contributed by atoms with Crippen LogP contribution in [-0.4, -0.2) is 24.0 Å². The normalized spacial score (nSPS) is 22.3. The second-order valence-corrected chi connectivity index (χ2v) is 6.90. The van der Waals surface area contributed by atoms with Crippen LogP contribution in [0.5, 0.6) is 0 Å². The molecule has 0 spiro atoms. The quantitative estimate of drug-likeness (QED) is 0.801. The summed E-state index contributed by atoms with van der Waals surface area (Å²) in [6, 6.07) is 3.83. The molecule has 1 aliphatic carbocycles. The van der Waals surface area contributed by atoms with Gasteiger partial charge >= 0.3 is 5.97 Å². The Morgan fingerprint density at radius 1 is 1.35 bits per heavy atom. The molecule has 0 saturated heterocycles. The molecule has 1 fully saturated rings. The molecule has 0 radical (unpaired) electrons. The molecule has 1 aromatic rings. The van der Waals surface area contributed by atoms with Gasteiger partial charge in [-0.1, -0.05) is 19.8 Å². The first-order chi connectivity index (χ1) is 10.9. The fraction of sp³-hybridized carbons (Fsp3) is 0.529. The number of hydrogen-bond donors (Lipinski definition) is 1.